The second-order valence-corrected chi connectivity index (χ2v) is 7.07. The van der Waals surface area contributed by atoms with E-state index in [1.807, 2.05) is 13.0 Å². The first-order valence-electron chi connectivity index (χ1n) is 6.43. The summed E-state index contributed by atoms with van der Waals surface area (Å²) in [6, 6.07) is 4.92. The molecule has 0 radical (unpaired) electrons. The molecule has 3 nitrogen and oxygen atoms in total. The van der Waals surface area contributed by atoms with Crippen LogP contribution >= 0.6 is 22.7 Å². The SMILES string of the molecule is Cc1ncc(CNC(=O)c2sc3cccc(F)c3c2C)s1. The maximum atomic E-state index is 13.8. The molecule has 2 aromatic heterocycles. The summed E-state index contributed by atoms with van der Waals surface area (Å²) in [5.74, 6) is -0.447. The summed E-state index contributed by atoms with van der Waals surface area (Å²) in [7, 11) is 0. The Bertz CT molecular complexity index is 822. The first kappa shape index (κ1) is 14.2. The number of aryl methyl sites for hydroxylation is 2. The first-order chi connectivity index (χ1) is 10.1. The Balaban J connectivity index is 1.84. The standard InChI is InChI=1S/C15H13FN2OS2/c1-8-13-11(16)4-3-5-12(13)21-14(8)15(19)18-7-10-6-17-9(2)20-10/h3-6H,7H2,1-2H3,(H,18,19). The number of carbonyl (C=O) groups is 1. The molecule has 2 heterocycles. The van der Waals surface area contributed by atoms with E-state index in [0.717, 1.165) is 14.6 Å². The van der Waals surface area contributed by atoms with Crippen molar-refractivity contribution in [2.75, 3.05) is 0 Å². The second-order valence-electron chi connectivity index (χ2n) is 4.70. The van der Waals surface area contributed by atoms with Crippen LogP contribution in [0.3, 0.4) is 0 Å². The van der Waals surface area contributed by atoms with Crippen molar-refractivity contribution in [1.29, 1.82) is 0 Å². The average Bonchev–Trinajstić information content (AvgIpc) is 3.01. The average molecular weight is 320 g/mol. The van der Waals surface area contributed by atoms with Gasteiger partial charge in [-0.15, -0.1) is 22.7 Å². The number of rotatable bonds is 3. The van der Waals surface area contributed by atoms with Gasteiger partial charge in [-0.3, -0.25) is 4.79 Å². The van der Waals surface area contributed by atoms with Crippen LogP contribution in [0.4, 0.5) is 4.39 Å². The van der Waals surface area contributed by atoms with Gasteiger partial charge in [-0.1, -0.05) is 6.07 Å². The largest absolute Gasteiger partial charge is 0.346 e. The van der Waals surface area contributed by atoms with E-state index in [-0.39, 0.29) is 11.7 Å². The van der Waals surface area contributed by atoms with Crippen molar-refractivity contribution in [1.82, 2.24) is 10.3 Å². The maximum absolute atomic E-state index is 13.8. The number of aromatic nitrogens is 1. The molecule has 108 valence electrons. The van der Waals surface area contributed by atoms with E-state index >= 15 is 0 Å². The molecule has 0 aliphatic heterocycles. The van der Waals surface area contributed by atoms with Crippen molar-refractivity contribution in [2.45, 2.75) is 20.4 Å². The zero-order chi connectivity index (χ0) is 15.0. The van der Waals surface area contributed by atoms with E-state index < -0.39 is 0 Å². The van der Waals surface area contributed by atoms with E-state index in [0.29, 0.717) is 22.4 Å². The molecular weight excluding hydrogens is 307 g/mol. The Morgan fingerprint density at radius 1 is 1.33 bits per heavy atom. The number of hydrogen-bond donors (Lipinski definition) is 1. The molecule has 1 aromatic carbocycles. The molecule has 6 heteroatoms. The van der Waals surface area contributed by atoms with Gasteiger partial charge in [0.1, 0.15) is 5.82 Å². The van der Waals surface area contributed by atoms with Gasteiger partial charge in [-0.05, 0) is 31.5 Å². The molecule has 0 spiro atoms. The number of carbonyl (C=O) groups excluding carboxylic acids is 1. The van der Waals surface area contributed by atoms with Gasteiger partial charge in [0.15, 0.2) is 0 Å². The summed E-state index contributed by atoms with van der Waals surface area (Å²) < 4.78 is 14.6. The molecule has 0 aliphatic rings. The fraction of sp³-hybridized carbons (Fsp3) is 0.200. The fourth-order valence-corrected chi connectivity index (χ4v) is 4.08. The molecule has 21 heavy (non-hydrogen) atoms. The van der Waals surface area contributed by atoms with Crippen LogP contribution in [-0.2, 0) is 6.54 Å². The normalized spacial score (nSPS) is 11.0. The van der Waals surface area contributed by atoms with Gasteiger partial charge in [0, 0.05) is 21.2 Å². The van der Waals surface area contributed by atoms with E-state index in [1.165, 1.54) is 17.4 Å². The smallest absolute Gasteiger partial charge is 0.261 e. The summed E-state index contributed by atoms with van der Waals surface area (Å²) >= 11 is 2.88. The van der Waals surface area contributed by atoms with Crippen molar-refractivity contribution in [2.24, 2.45) is 0 Å². The number of fused-ring (bicyclic) bond motifs is 1. The Morgan fingerprint density at radius 2 is 2.14 bits per heavy atom. The number of thiazole rings is 1. The zero-order valence-electron chi connectivity index (χ0n) is 11.6. The molecule has 0 fully saturated rings. The molecular formula is C15H13FN2OS2. The van der Waals surface area contributed by atoms with Crippen molar-refractivity contribution in [3.8, 4) is 0 Å². The van der Waals surface area contributed by atoms with Crippen molar-refractivity contribution in [3.05, 3.63) is 50.5 Å². The van der Waals surface area contributed by atoms with Gasteiger partial charge in [-0.25, -0.2) is 9.37 Å². The number of amides is 1. The monoisotopic (exact) mass is 320 g/mol. The molecule has 1 amide bonds. The molecule has 0 saturated carbocycles. The molecule has 0 unspecified atom stereocenters. The summed E-state index contributed by atoms with van der Waals surface area (Å²) in [5.41, 5.74) is 0.700. The number of benzene rings is 1. The van der Waals surface area contributed by atoms with Gasteiger partial charge in [0.05, 0.1) is 16.4 Å². The summed E-state index contributed by atoms with van der Waals surface area (Å²) in [6.45, 7) is 4.16. The van der Waals surface area contributed by atoms with Crippen LogP contribution in [0.15, 0.2) is 24.4 Å². The number of thiophene rings is 1. The predicted molar refractivity (Wildman–Crippen MR) is 84.5 cm³/mol. The Hall–Kier alpha value is -1.79. The first-order valence-corrected chi connectivity index (χ1v) is 8.06. The minimum atomic E-state index is -0.279. The topological polar surface area (TPSA) is 42.0 Å². The number of nitrogens with zero attached hydrogens (tertiary/aromatic N) is 1. The summed E-state index contributed by atoms with van der Waals surface area (Å²) in [5, 5.41) is 4.38. The third kappa shape index (κ3) is 2.69. The summed E-state index contributed by atoms with van der Waals surface area (Å²) in [6.07, 6.45) is 1.76. The molecule has 3 aromatic rings. The number of nitrogens with one attached hydrogen (secondary N) is 1. The summed E-state index contributed by atoms with van der Waals surface area (Å²) in [4.78, 5) is 18.0. The minimum absolute atomic E-state index is 0.167. The molecule has 0 bridgehead atoms. The third-order valence-electron chi connectivity index (χ3n) is 3.20. The number of hydrogen-bond acceptors (Lipinski definition) is 4. The van der Waals surface area contributed by atoms with Gasteiger partial charge in [0.25, 0.3) is 5.91 Å². The quantitative estimate of drug-likeness (QED) is 0.791. The molecule has 0 saturated heterocycles. The van der Waals surface area contributed by atoms with Gasteiger partial charge in [-0.2, -0.15) is 0 Å². The van der Waals surface area contributed by atoms with Crippen LogP contribution in [0.5, 0.6) is 0 Å². The van der Waals surface area contributed by atoms with Crippen LogP contribution in [0.1, 0.15) is 25.1 Å². The Kier molecular flexibility index (Phi) is 3.73. The van der Waals surface area contributed by atoms with Crippen molar-refractivity contribution in [3.63, 3.8) is 0 Å². The highest BCUT2D eigenvalue weighted by molar-refractivity contribution is 7.21. The maximum Gasteiger partial charge on any atom is 0.261 e. The van der Waals surface area contributed by atoms with E-state index in [1.54, 1.807) is 30.5 Å². The van der Waals surface area contributed by atoms with E-state index in [4.69, 9.17) is 0 Å². The van der Waals surface area contributed by atoms with Crippen LogP contribution in [-0.4, -0.2) is 10.9 Å². The fourth-order valence-electron chi connectivity index (χ4n) is 2.20. The van der Waals surface area contributed by atoms with Gasteiger partial charge >= 0.3 is 0 Å². The highest BCUT2D eigenvalue weighted by atomic mass is 32.1. The van der Waals surface area contributed by atoms with Crippen molar-refractivity contribution >= 4 is 38.7 Å². The van der Waals surface area contributed by atoms with Crippen LogP contribution in [0, 0.1) is 19.7 Å². The minimum Gasteiger partial charge on any atom is -0.346 e. The highest BCUT2D eigenvalue weighted by Crippen LogP contribution is 2.32. The van der Waals surface area contributed by atoms with Crippen LogP contribution < -0.4 is 5.32 Å². The van der Waals surface area contributed by atoms with E-state index in [9.17, 15) is 9.18 Å². The second kappa shape index (κ2) is 5.54. The lowest BCUT2D eigenvalue weighted by Crippen LogP contribution is -2.21. The van der Waals surface area contributed by atoms with Crippen LogP contribution in [0.2, 0.25) is 0 Å². The Labute approximate surface area is 129 Å². The van der Waals surface area contributed by atoms with Crippen LogP contribution in [0.25, 0.3) is 10.1 Å². The van der Waals surface area contributed by atoms with Gasteiger partial charge in [0.2, 0.25) is 0 Å². The predicted octanol–water partition coefficient (Wildman–Crippen LogP) is 4.04. The zero-order valence-corrected chi connectivity index (χ0v) is 13.2. The lowest BCUT2D eigenvalue weighted by molar-refractivity contribution is 0.0955. The lowest BCUT2D eigenvalue weighted by atomic mass is 10.1. The molecule has 3 rings (SSSR count). The lowest BCUT2D eigenvalue weighted by Gasteiger charge is -2.02. The Morgan fingerprint density at radius 3 is 2.81 bits per heavy atom. The molecule has 1 N–H and O–H groups in total. The van der Waals surface area contributed by atoms with Crippen molar-refractivity contribution < 1.29 is 9.18 Å². The number of halogens is 1. The third-order valence-corrected chi connectivity index (χ3v) is 5.37. The van der Waals surface area contributed by atoms with E-state index in [2.05, 4.69) is 10.3 Å². The van der Waals surface area contributed by atoms with Gasteiger partial charge < -0.3 is 5.32 Å². The molecule has 0 aliphatic carbocycles. The molecule has 0 atom stereocenters. The highest BCUT2D eigenvalue weighted by Gasteiger charge is 2.17.